The molecule has 0 unspecified atom stereocenters. The lowest BCUT2D eigenvalue weighted by Gasteiger charge is -2.08. The molecule has 0 bridgehead atoms. The highest BCUT2D eigenvalue weighted by atomic mass is 32.1. The Morgan fingerprint density at radius 3 is 2.85 bits per heavy atom. The van der Waals surface area contributed by atoms with Crippen molar-refractivity contribution in [2.75, 3.05) is 12.1 Å². The van der Waals surface area contributed by atoms with Crippen LogP contribution in [-0.2, 0) is 6.61 Å². The van der Waals surface area contributed by atoms with Gasteiger partial charge in [0.15, 0.2) is 11.5 Å². The van der Waals surface area contributed by atoms with Gasteiger partial charge in [-0.05, 0) is 54.6 Å². The van der Waals surface area contributed by atoms with Crippen LogP contribution in [0.4, 0.5) is 5.69 Å². The van der Waals surface area contributed by atoms with Crippen LogP contribution in [0.1, 0.15) is 26.4 Å². The predicted molar refractivity (Wildman–Crippen MR) is 105 cm³/mol. The second-order valence-electron chi connectivity index (χ2n) is 6.40. The molecule has 0 saturated carbocycles. The van der Waals surface area contributed by atoms with Crippen LogP contribution >= 0.6 is 11.3 Å². The Hall–Kier alpha value is -2.99. The van der Waals surface area contributed by atoms with Crippen molar-refractivity contribution >= 4 is 22.9 Å². The van der Waals surface area contributed by atoms with E-state index in [1.807, 2.05) is 61.7 Å². The van der Waals surface area contributed by atoms with Gasteiger partial charge in [0.05, 0.1) is 4.88 Å². The summed E-state index contributed by atoms with van der Waals surface area (Å²) in [7, 11) is 0. The molecule has 0 atom stereocenters. The third-order valence-electron chi connectivity index (χ3n) is 4.27. The number of benzene rings is 2. The van der Waals surface area contributed by atoms with E-state index < -0.39 is 0 Å². The van der Waals surface area contributed by atoms with Crippen LogP contribution < -0.4 is 19.5 Å². The number of rotatable bonds is 5. The predicted octanol–water partition coefficient (Wildman–Crippen LogP) is 4.92. The summed E-state index contributed by atoms with van der Waals surface area (Å²) in [6.45, 7) is 4.61. The van der Waals surface area contributed by atoms with Crippen molar-refractivity contribution in [2.45, 2.75) is 20.5 Å². The van der Waals surface area contributed by atoms with Gasteiger partial charge in [0.25, 0.3) is 5.91 Å². The molecule has 138 valence electrons. The highest BCUT2D eigenvalue weighted by molar-refractivity contribution is 7.12. The highest BCUT2D eigenvalue weighted by Gasteiger charge is 2.14. The Balaban J connectivity index is 1.39. The Bertz CT molecular complexity index is 996. The highest BCUT2D eigenvalue weighted by Crippen LogP contribution is 2.35. The molecular formula is C21H19NO4S. The van der Waals surface area contributed by atoms with Crippen molar-refractivity contribution in [3.63, 3.8) is 0 Å². The number of hydrogen-bond donors (Lipinski definition) is 1. The average molecular weight is 381 g/mol. The molecule has 3 aromatic rings. The van der Waals surface area contributed by atoms with E-state index in [0.29, 0.717) is 23.0 Å². The summed E-state index contributed by atoms with van der Waals surface area (Å²) >= 11 is 1.41. The van der Waals surface area contributed by atoms with E-state index in [0.717, 1.165) is 28.1 Å². The molecule has 0 saturated heterocycles. The summed E-state index contributed by atoms with van der Waals surface area (Å²) in [5, 5.41) is 4.92. The number of anilines is 1. The lowest BCUT2D eigenvalue weighted by atomic mass is 10.1. The van der Waals surface area contributed by atoms with Gasteiger partial charge in [0, 0.05) is 17.3 Å². The normalized spacial score (nSPS) is 12.1. The zero-order valence-corrected chi connectivity index (χ0v) is 15.9. The molecule has 1 aliphatic heterocycles. The maximum atomic E-state index is 12.5. The fourth-order valence-electron chi connectivity index (χ4n) is 2.76. The zero-order valence-electron chi connectivity index (χ0n) is 15.1. The van der Waals surface area contributed by atoms with Gasteiger partial charge in [-0.25, -0.2) is 0 Å². The van der Waals surface area contributed by atoms with Crippen molar-refractivity contribution in [2.24, 2.45) is 0 Å². The van der Waals surface area contributed by atoms with Crippen molar-refractivity contribution in [1.82, 2.24) is 0 Å². The standard InChI is InChI=1S/C21H19NO4S/c1-13-3-4-14(2)17(7-13)22-21(23)20-8-15(11-27-20)10-24-16-5-6-18-19(9-16)26-12-25-18/h3-9,11H,10,12H2,1-2H3,(H,22,23). The average Bonchev–Trinajstić information content (AvgIpc) is 3.31. The number of nitrogens with one attached hydrogen (secondary N) is 1. The first kappa shape index (κ1) is 17.4. The number of fused-ring (bicyclic) bond motifs is 1. The first-order valence-corrected chi connectivity index (χ1v) is 9.45. The van der Waals surface area contributed by atoms with Crippen LogP contribution in [0.3, 0.4) is 0 Å². The van der Waals surface area contributed by atoms with Gasteiger partial charge >= 0.3 is 0 Å². The number of thiophene rings is 1. The molecule has 0 radical (unpaired) electrons. The van der Waals surface area contributed by atoms with Crippen LogP contribution in [0, 0.1) is 13.8 Å². The monoisotopic (exact) mass is 381 g/mol. The number of amides is 1. The Labute approximate surface area is 161 Å². The molecule has 27 heavy (non-hydrogen) atoms. The quantitative estimate of drug-likeness (QED) is 0.681. The lowest BCUT2D eigenvalue weighted by Crippen LogP contribution is -2.11. The molecule has 4 rings (SSSR count). The van der Waals surface area contributed by atoms with Gasteiger partial charge in [0.1, 0.15) is 12.4 Å². The molecular weight excluding hydrogens is 362 g/mol. The summed E-state index contributed by atoms with van der Waals surface area (Å²) in [6, 6.07) is 13.3. The number of carbonyl (C=O) groups excluding carboxylic acids is 1. The maximum Gasteiger partial charge on any atom is 0.265 e. The second kappa shape index (κ2) is 7.32. The molecule has 2 heterocycles. The number of hydrogen-bond acceptors (Lipinski definition) is 5. The second-order valence-corrected chi connectivity index (χ2v) is 7.31. The summed E-state index contributed by atoms with van der Waals surface area (Å²) in [5.74, 6) is 2.00. The molecule has 1 amide bonds. The Morgan fingerprint density at radius 2 is 1.96 bits per heavy atom. The van der Waals surface area contributed by atoms with E-state index in [9.17, 15) is 4.79 Å². The SMILES string of the molecule is Cc1ccc(C)c(NC(=O)c2cc(COc3ccc4c(c3)OCO4)cs2)c1. The summed E-state index contributed by atoms with van der Waals surface area (Å²) in [6.07, 6.45) is 0. The largest absolute Gasteiger partial charge is 0.489 e. The van der Waals surface area contributed by atoms with E-state index in [-0.39, 0.29) is 12.7 Å². The summed E-state index contributed by atoms with van der Waals surface area (Å²) < 4.78 is 16.4. The number of aryl methyl sites for hydroxylation is 2. The molecule has 1 aromatic heterocycles. The first-order chi connectivity index (χ1) is 13.1. The van der Waals surface area contributed by atoms with Crippen LogP contribution in [0.15, 0.2) is 47.8 Å². The van der Waals surface area contributed by atoms with E-state index >= 15 is 0 Å². The molecule has 1 aliphatic rings. The number of ether oxygens (including phenoxy) is 3. The Kier molecular flexibility index (Phi) is 4.73. The van der Waals surface area contributed by atoms with Crippen LogP contribution in [0.2, 0.25) is 0 Å². The topological polar surface area (TPSA) is 56.8 Å². The fraction of sp³-hybridized carbons (Fsp3) is 0.190. The number of carbonyl (C=O) groups is 1. The van der Waals surface area contributed by atoms with Gasteiger partial charge < -0.3 is 19.5 Å². The fourth-order valence-corrected chi connectivity index (χ4v) is 3.55. The van der Waals surface area contributed by atoms with Crippen LogP contribution in [-0.4, -0.2) is 12.7 Å². The van der Waals surface area contributed by atoms with Crippen LogP contribution in [0.5, 0.6) is 17.2 Å². The Morgan fingerprint density at radius 1 is 1.11 bits per heavy atom. The smallest absolute Gasteiger partial charge is 0.265 e. The van der Waals surface area contributed by atoms with Gasteiger partial charge in [-0.3, -0.25) is 4.79 Å². The molecule has 1 N–H and O–H groups in total. The van der Waals surface area contributed by atoms with Gasteiger partial charge in [-0.2, -0.15) is 0 Å². The van der Waals surface area contributed by atoms with Crippen molar-refractivity contribution in [3.05, 3.63) is 69.4 Å². The van der Waals surface area contributed by atoms with E-state index in [1.165, 1.54) is 11.3 Å². The maximum absolute atomic E-state index is 12.5. The van der Waals surface area contributed by atoms with E-state index in [1.54, 1.807) is 0 Å². The minimum Gasteiger partial charge on any atom is -0.489 e. The van der Waals surface area contributed by atoms with Crippen molar-refractivity contribution < 1.29 is 19.0 Å². The molecule has 0 fully saturated rings. The van der Waals surface area contributed by atoms with Crippen molar-refractivity contribution in [1.29, 1.82) is 0 Å². The van der Waals surface area contributed by atoms with Crippen LogP contribution in [0.25, 0.3) is 0 Å². The van der Waals surface area contributed by atoms with Gasteiger partial charge in [-0.1, -0.05) is 12.1 Å². The lowest BCUT2D eigenvalue weighted by molar-refractivity contribution is 0.103. The third kappa shape index (κ3) is 3.90. The van der Waals surface area contributed by atoms with Gasteiger partial charge in [0.2, 0.25) is 6.79 Å². The zero-order chi connectivity index (χ0) is 18.8. The molecule has 6 heteroatoms. The van der Waals surface area contributed by atoms with Gasteiger partial charge in [-0.15, -0.1) is 11.3 Å². The van der Waals surface area contributed by atoms with E-state index in [2.05, 4.69) is 5.32 Å². The van der Waals surface area contributed by atoms with E-state index in [4.69, 9.17) is 14.2 Å². The third-order valence-corrected chi connectivity index (χ3v) is 5.25. The molecule has 0 aliphatic carbocycles. The minimum absolute atomic E-state index is 0.108. The molecule has 2 aromatic carbocycles. The molecule has 5 nitrogen and oxygen atoms in total. The minimum atomic E-state index is -0.108. The van der Waals surface area contributed by atoms with Crippen molar-refractivity contribution in [3.8, 4) is 17.2 Å². The summed E-state index contributed by atoms with van der Waals surface area (Å²) in [5.41, 5.74) is 3.94. The molecule has 0 spiro atoms. The first-order valence-electron chi connectivity index (χ1n) is 8.57. The summed E-state index contributed by atoms with van der Waals surface area (Å²) in [4.78, 5) is 13.2.